The van der Waals surface area contributed by atoms with Gasteiger partial charge in [0.25, 0.3) is 0 Å². The molecule has 0 atom stereocenters. The maximum Gasteiger partial charge on any atom is 0.196 e. The van der Waals surface area contributed by atoms with Crippen molar-refractivity contribution < 1.29 is 9.90 Å². The number of hydrogen-bond donors (Lipinski definition) is 0. The molecule has 122 valence electrons. The largest absolute Gasteiger partial charge is 0.550 e. The number of carbonyl (C=O) groups is 1. The lowest BCUT2D eigenvalue weighted by atomic mass is 10.2. The van der Waals surface area contributed by atoms with E-state index in [-0.39, 0.29) is 6.42 Å². The second-order valence-corrected chi connectivity index (χ2v) is 6.33. The first kappa shape index (κ1) is 16.5. The van der Waals surface area contributed by atoms with Crippen LogP contribution in [0.15, 0.2) is 53.9 Å². The Bertz CT molecular complexity index is 837. The molecule has 0 aliphatic carbocycles. The Morgan fingerprint density at radius 3 is 2.67 bits per heavy atom. The first-order valence-corrected chi connectivity index (χ1v) is 8.46. The molecule has 0 N–H and O–H groups in total. The minimum atomic E-state index is -1.09. The van der Waals surface area contributed by atoms with Gasteiger partial charge in [0.05, 0.1) is 0 Å². The summed E-state index contributed by atoms with van der Waals surface area (Å²) in [5.74, 6) is -0.116. The first-order chi connectivity index (χ1) is 11.6. The normalized spacial score (nSPS) is 10.7. The topological polar surface area (TPSA) is 83.7 Å². The van der Waals surface area contributed by atoms with Gasteiger partial charge in [0.1, 0.15) is 0 Å². The molecule has 0 amide bonds. The van der Waals surface area contributed by atoms with Gasteiger partial charge in [-0.25, -0.2) is 0 Å². The molecule has 0 unspecified atom stereocenters. The number of halogens is 1. The number of pyridine rings is 1. The van der Waals surface area contributed by atoms with Crippen LogP contribution in [0.1, 0.15) is 6.42 Å². The van der Waals surface area contributed by atoms with E-state index in [1.54, 1.807) is 24.5 Å². The molecule has 0 saturated heterocycles. The molecule has 24 heavy (non-hydrogen) atoms. The van der Waals surface area contributed by atoms with Crippen molar-refractivity contribution in [1.29, 1.82) is 0 Å². The summed E-state index contributed by atoms with van der Waals surface area (Å²) < 4.78 is 1.85. The molecule has 2 aromatic heterocycles. The summed E-state index contributed by atoms with van der Waals surface area (Å²) in [6.07, 6.45) is 3.33. The van der Waals surface area contributed by atoms with Gasteiger partial charge in [0.2, 0.25) is 0 Å². The number of carboxylic acids is 1. The molecular weight excluding hydrogens is 348 g/mol. The lowest BCUT2D eigenvalue weighted by molar-refractivity contribution is -0.305. The molecule has 3 aromatic rings. The Morgan fingerprint density at radius 2 is 2.00 bits per heavy atom. The van der Waals surface area contributed by atoms with Crippen molar-refractivity contribution in [3.63, 3.8) is 0 Å². The van der Waals surface area contributed by atoms with Crippen molar-refractivity contribution in [2.24, 2.45) is 0 Å². The maximum atomic E-state index is 10.6. The van der Waals surface area contributed by atoms with Crippen LogP contribution in [0.5, 0.6) is 0 Å². The van der Waals surface area contributed by atoms with Crippen LogP contribution in [0.3, 0.4) is 0 Å². The van der Waals surface area contributed by atoms with E-state index in [0.717, 1.165) is 11.3 Å². The first-order valence-electron chi connectivity index (χ1n) is 7.09. The Hall–Kier alpha value is -2.38. The van der Waals surface area contributed by atoms with Crippen LogP contribution >= 0.6 is 23.4 Å². The van der Waals surface area contributed by atoms with Crippen molar-refractivity contribution in [3.05, 3.63) is 53.8 Å². The minimum absolute atomic E-state index is 0.0552. The lowest BCUT2D eigenvalue weighted by Crippen LogP contribution is -2.22. The Kier molecular flexibility index (Phi) is 5.12. The van der Waals surface area contributed by atoms with E-state index in [0.29, 0.717) is 21.8 Å². The van der Waals surface area contributed by atoms with Crippen LogP contribution in [-0.2, 0) is 4.79 Å². The summed E-state index contributed by atoms with van der Waals surface area (Å²) in [6, 6.07) is 11.0. The number of rotatable bonds is 6. The zero-order valence-electron chi connectivity index (χ0n) is 12.4. The summed E-state index contributed by atoms with van der Waals surface area (Å²) >= 11 is 7.27. The van der Waals surface area contributed by atoms with E-state index >= 15 is 0 Å². The predicted octanol–water partition coefficient (Wildman–Crippen LogP) is 2.21. The number of hydrogen-bond acceptors (Lipinski definition) is 6. The number of thioether (sulfide) groups is 1. The van der Waals surface area contributed by atoms with Crippen molar-refractivity contribution in [2.45, 2.75) is 11.6 Å². The van der Waals surface area contributed by atoms with Gasteiger partial charge in [-0.05, 0) is 42.8 Å². The average Bonchev–Trinajstić information content (AvgIpc) is 3.00. The monoisotopic (exact) mass is 359 g/mol. The lowest BCUT2D eigenvalue weighted by Gasteiger charge is -2.10. The zero-order chi connectivity index (χ0) is 16.9. The van der Waals surface area contributed by atoms with Gasteiger partial charge in [-0.15, -0.1) is 10.2 Å². The predicted molar refractivity (Wildman–Crippen MR) is 89.9 cm³/mol. The van der Waals surface area contributed by atoms with E-state index in [1.807, 2.05) is 28.8 Å². The van der Waals surface area contributed by atoms with Gasteiger partial charge in [-0.3, -0.25) is 9.55 Å². The molecule has 0 bridgehead atoms. The third-order valence-electron chi connectivity index (χ3n) is 3.18. The zero-order valence-corrected chi connectivity index (χ0v) is 14.0. The summed E-state index contributed by atoms with van der Waals surface area (Å²) in [7, 11) is 0. The van der Waals surface area contributed by atoms with E-state index < -0.39 is 5.97 Å². The van der Waals surface area contributed by atoms with Crippen molar-refractivity contribution >= 4 is 29.3 Å². The molecule has 0 aliphatic rings. The summed E-state index contributed by atoms with van der Waals surface area (Å²) in [5, 5.41) is 20.3. The number of nitrogens with zero attached hydrogens (tertiary/aromatic N) is 4. The highest BCUT2D eigenvalue weighted by molar-refractivity contribution is 7.99. The fraction of sp³-hybridized carbons (Fsp3) is 0.125. The maximum absolute atomic E-state index is 10.6. The van der Waals surface area contributed by atoms with Gasteiger partial charge < -0.3 is 9.90 Å². The molecule has 0 radical (unpaired) electrons. The molecule has 6 nitrogen and oxygen atoms in total. The molecule has 0 spiro atoms. The number of carbonyl (C=O) groups excluding carboxylic acids is 1. The van der Waals surface area contributed by atoms with Crippen LogP contribution < -0.4 is 5.11 Å². The molecule has 2 heterocycles. The molecule has 3 rings (SSSR count). The number of benzene rings is 1. The van der Waals surface area contributed by atoms with Crippen LogP contribution in [0.25, 0.3) is 17.1 Å². The Balaban J connectivity index is 2.02. The minimum Gasteiger partial charge on any atom is -0.550 e. The highest BCUT2D eigenvalue weighted by atomic mass is 35.5. The molecule has 1 aromatic carbocycles. The quantitative estimate of drug-likeness (QED) is 0.627. The Morgan fingerprint density at radius 1 is 1.21 bits per heavy atom. The third-order valence-corrected chi connectivity index (χ3v) is 4.36. The van der Waals surface area contributed by atoms with E-state index in [4.69, 9.17) is 11.6 Å². The van der Waals surface area contributed by atoms with Gasteiger partial charge in [0.15, 0.2) is 11.0 Å². The van der Waals surface area contributed by atoms with Gasteiger partial charge in [-0.1, -0.05) is 23.4 Å². The smallest absolute Gasteiger partial charge is 0.196 e. The number of carboxylic acid groups (broad SMARTS) is 1. The standard InChI is InChI=1S/C16H13ClN4O2S/c17-12-3-5-13(6-4-12)21-15(11-2-1-8-18-10-11)19-20-16(21)24-9-7-14(22)23/h1-6,8,10H,7,9H2,(H,22,23)/p-1. The fourth-order valence-corrected chi connectivity index (χ4v) is 3.09. The van der Waals surface area contributed by atoms with Crippen LogP contribution in [0.4, 0.5) is 0 Å². The van der Waals surface area contributed by atoms with Crippen LogP contribution in [0.2, 0.25) is 5.02 Å². The fourth-order valence-electron chi connectivity index (χ4n) is 2.09. The average molecular weight is 360 g/mol. The highest BCUT2D eigenvalue weighted by Gasteiger charge is 2.16. The summed E-state index contributed by atoms with van der Waals surface area (Å²) in [6.45, 7) is 0. The molecule has 0 fully saturated rings. The summed E-state index contributed by atoms with van der Waals surface area (Å²) in [4.78, 5) is 14.7. The van der Waals surface area contributed by atoms with Crippen molar-refractivity contribution in [3.8, 4) is 17.1 Å². The second kappa shape index (κ2) is 7.46. The molecule has 0 aliphatic heterocycles. The van der Waals surface area contributed by atoms with E-state index in [2.05, 4.69) is 15.2 Å². The molecule has 0 saturated carbocycles. The van der Waals surface area contributed by atoms with Crippen LogP contribution in [-0.4, -0.2) is 31.5 Å². The number of aromatic nitrogens is 4. The molecular formula is C16H12ClN4O2S-. The van der Waals surface area contributed by atoms with Crippen LogP contribution in [0, 0.1) is 0 Å². The van der Waals surface area contributed by atoms with E-state index in [1.165, 1.54) is 11.8 Å². The highest BCUT2D eigenvalue weighted by Crippen LogP contribution is 2.28. The van der Waals surface area contributed by atoms with Gasteiger partial charge in [-0.2, -0.15) is 0 Å². The molecule has 8 heteroatoms. The SMILES string of the molecule is O=C([O-])CCSc1nnc(-c2cccnc2)n1-c1ccc(Cl)cc1. The van der Waals surface area contributed by atoms with Gasteiger partial charge >= 0.3 is 0 Å². The summed E-state index contributed by atoms with van der Waals surface area (Å²) in [5.41, 5.74) is 1.64. The van der Waals surface area contributed by atoms with E-state index in [9.17, 15) is 9.90 Å². The van der Waals surface area contributed by atoms with Crippen molar-refractivity contribution in [1.82, 2.24) is 19.7 Å². The van der Waals surface area contributed by atoms with Crippen molar-refractivity contribution in [2.75, 3.05) is 5.75 Å². The second-order valence-electron chi connectivity index (χ2n) is 4.83. The Labute approximate surface area is 147 Å². The number of aliphatic carboxylic acids is 1. The van der Waals surface area contributed by atoms with Gasteiger partial charge in [0, 0.05) is 40.4 Å². The third kappa shape index (κ3) is 3.74.